The fraction of sp³-hybridized carbons (Fsp3) is 0.867. The number of hydrogen-bond donors (Lipinski definition) is 2. The standard InChI is InChI=1S/C15H28N2O4/c1-3-21-11-10-17(2)14(20)16-12-15(13(18)19)8-6-4-5-7-9-15/h3-12H2,1-2H3,(H,16,20)(H,18,19). The van der Waals surface area contributed by atoms with Crippen LogP contribution in [0, 0.1) is 5.41 Å². The van der Waals surface area contributed by atoms with Crippen molar-refractivity contribution >= 4 is 12.0 Å². The van der Waals surface area contributed by atoms with Crippen LogP contribution in [0.3, 0.4) is 0 Å². The summed E-state index contributed by atoms with van der Waals surface area (Å²) < 4.78 is 5.21. The van der Waals surface area contributed by atoms with E-state index in [1.165, 1.54) is 4.90 Å². The van der Waals surface area contributed by atoms with Crippen LogP contribution in [-0.2, 0) is 9.53 Å². The number of likely N-dealkylation sites (N-methyl/N-ethyl adjacent to an activating group) is 1. The summed E-state index contributed by atoms with van der Waals surface area (Å²) in [5.74, 6) is -0.790. The van der Waals surface area contributed by atoms with Crippen LogP contribution in [0.2, 0.25) is 0 Å². The number of urea groups is 1. The Morgan fingerprint density at radius 2 is 1.86 bits per heavy atom. The maximum Gasteiger partial charge on any atom is 0.317 e. The molecule has 1 aliphatic carbocycles. The van der Waals surface area contributed by atoms with Crippen LogP contribution in [0.4, 0.5) is 4.79 Å². The van der Waals surface area contributed by atoms with Gasteiger partial charge in [0.2, 0.25) is 0 Å². The Kier molecular flexibility index (Phi) is 7.50. The van der Waals surface area contributed by atoms with E-state index in [2.05, 4.69) is 5.32 Å². The fourth-order valence-electron chi connectivity index (χ4n) is 2.70. The monoisotopic (exact) mass is 300 g/mol. The average molecular weight is 300 g/mol. The van der Waals surface area contributed by atoms with E-state index in [4.69, 9.17) is 4.74 Å². The number of hydrogen-bond acceptors (Lipinski definition) is 3. The summed E-state index contributed by atoms with van der Waals surface area (Å²) in [5, 5.41) is 12.3. The zero-order valence-electron chi connectivity index (χ0n) is 13.2. The Morgan fingerprint density at radius 3 is 2.38 bits per heavy atom. The van der Waals surface area contributed by atoms with Crippen LogP contribution in [0.5, 0.6) is 0 Å². The van der Waals surface area contributed by atoms with Crippen molar-refractivity contribution in [2.24, 2.45) is 5.41 Å². The number of carboxylic acid groups (broad SMARTS) is 1. The molecule has 0 aromatic heterocycles. The van der Waals surface area contributed by atoms with Crippen LogP contribution < -0.4 is 5.32 Å². The van der Waals surface area contributed by atoms with Crippen LogP contribution in [0.25, 0.3) is 0 Å². The molecule has 0 saturated heterocycles. The first-order valence-corrected chi connectivity index (χ1v) is 7.82. The van der Waals surface area contributed by atoms with Gasteiger partial charge in [-0.25, -0.2) is 4.79 Å². The number of aliphatic carboxylic acids is 1. The lowest BCUT2D eigenvalue weighted by molar-refractivity contribution is -0.149. The Labute approximate surface area is 126 Å². The first kappa shape index (κ1) is 17.8. The van der Waals surface area contributed by atoms with Crippen molar-refractivity contribution in [2.75, 3.05) is 33.4 Å². The summed E-state index contributed by atoms with van der Waals surface area (Å²) in [7, 11) is 1.69. The predicted molar refractivity (Wildman–Crippen MR) is 80.3 cm³/mol. The Balaban J connectivity index is 2.48. The molecule has 0 aromatic carbocycles. The van der Waals surface area contributed by atoms with Gasteiger partial charge in [-0.15, -0.1) is 0 Å². The van der Waals surface area contributed by atoms with Crippen molar-refractivity contribution in [2.45, 2.75) is 45.4 Å². The second kappa shape index (κ2) is 8.87. The lowest BCUT2D eigenvalue weighted by Crippen LogP contribution is -2.47. The highest BCUT2D eigenvalue weighted by Crippen LogP contribution is 2.34. The summed E-state index contributed by atoms with van der Waals surface area (Å²) in [6, 6.07) is -0.237. The third-order valence-corrected chi connectivity index (χ3v) is 4.21. The highest BCUT2D eigenvalue weighted by atomic mass is 16.5. The molecule has 1 saturated carbocycles. The number of nitrogens with one attached hydrogen (secondary N) is 1. The van der Waals surface area contributed by atoms with Crippen molar-refractivity contribution < 1.29 is 19.4 Å². The van der Waals surface area contributed by atoms with E-state index in [9.17, 15) is 14.7 Å². The van der Waals surface area contributed by atoms with Crippen molar-refractivity contribution in [1.82, 2.24) is 10.2 Å². The highest BCUT2D eigenvalue weighted by Gasteiger charge is 2.39. The van der Waals surface area contributed by atoms with Crippen LogP contribution in [0.1, 0.15) is 45.4 Å². The zero-order chi connectivity index (χ0) is 15.7. The summed E-state index contributed by atoms with van der Waals surface area (Å²) in [6.45, 7) is 3.73. The number of ether oxygens (including phenoxy) is 1. The Morgan fingerprint density at radius 1 is 1.24 bits per heavy atom. The minimum atomic E-state index is -0.799. The van der Waals surface area contributed by atoms with E-state index in [-0.39, 0.29) is 12.6 Å². The Bertz CT molecular complexity index is 339. The Hall–Kier alpha value is -1.30. The van der Waals surface area contributed by atoms with Crippen molar-refractivity contribution in [3.63, 3.8) is 0 Å². The summed E-state index contributed by atoms with van der Waals surface area (Å²) in [4.78, 5) is 25.2. The van der Waals surface area contributed by atoms with E-state index in [0.717, 1.165) is 25.7 Å². The maximum absolute atomic E-state index is 12.0. The molecular weight excluding hydrogens is 272 g/mol. The number of carbonyl (C=O) groups is 2. The molecule has 1 rings (SSSR count). The van der Waals surface area contributed by atoms with Gasteiger partial charge >= 0.3 is 12.0 Å². The zero-order valence-corrected chi connectivity index (χ0v) is 13.2. The van der Waals surface area contributed by atoms with Crippen LogP contribution in [-0.4, -0.2) is 55.4 Å². The molecule has 0 aliphatic heterocycles. The quantitative estimate of drug-likeness (QED) is 0.557. The highest BCUT2D eigenvalue weighted by molar-refractivity contribution is 5.78. The van der Waals surface area contributed by atoms with Crippen molar-refractivity contribution in [3.05, 3.63) is 0 Å². The second-order valence-corrected chi connectivity index (χ2v) is 5.78. The molecule has 122 valence electrons. The molecule has 6 heteroatoms. The number of rotatable bonds is 7. The van der Waals surface area contributed by atoms with Crippen molar-refractivity contribution in [1.29, 1.82) is 0 Å². The average Bonchev–Trinajstić information content (AvgIpc) is 2.71. The third kappa shape index (κ3) is 5.53. The second-order valence-electron chi connectivity index (χ2n) is 5.78. The van der Waals surface area contributed by atoms with Gasteiger partial charge in [0, 0.05) is 26.7 Å². The number of carboxylic acids is 1. The summed E-state index contributed by atoms with van der Waals surface area (Å²) >= 11 is 0. The van der Waals surface area contributed by atoms with E-state index in [1.54, 1.807) is 7.05 Å². The lowest BCUT2D eigenvalue weighted by Gasteiger charge is -2.29. The molecule has 6 nitrogen and oxygen atoms in total. The van der Waals surface area contributed by atoms with Crippen molar-refractivity contribution in [3.8, 4) is 0 Å². The third-order valence-electron chi connectivity index (χ3n) is 4.21. The largest absolute Gasteiger partial charge is 0.481 e. The molecule has 21 heavy (non-hydrogen) atoms. The normalized spacial score (nSPS) is 17.8. The molecule has 1 aliphatic rings. The molecule has 1 fully saturated rings. The molecule has 0 unspecified atom stereocenters. The molecule has 0 aromatic rings. The minimum absolute atomic E-state index is 0.208. The van der Waals surface area contributed by atoms with Crippen LogP contribution in [0.15, 0.2) is 0 Å². The minimum Gasteiger partial charge on any atom is -0.481 e. The molecule has 0 atom stereocenters. The van der Waals surface area contributed by atoms with Gasteiger partial charge in [-0.3, -0.25) is 4.79 Å². The molecule has 0 spiro atoms. The number of amides is 2. The summed E-state index contributed by atoms with van der Waals surface area (Å²) in [5.41, 5.74) is -0.799. The first-order valence-electron chi connectivity index (χ1n) is 7.82. The van der Waals surface area contributed by atoms with Gasteiger partial charge in [0.05, 0.1) is 12.0 Å². The van der Waals surface area contributed by atoms with E-state index < -0.39 is 11.4 Å². The van der Waals surface area contributed by atoms with Gasteiger partial charge in [0.25, 0.3) is 0 Å². The predicted octanol–water partition coefficient (Wildman–Crippen LogP) is 2.09. The first-order chi connectivity index (χ1) is 10.0. The fourth-order valence-corrected chi connectivity index (χ4v) is 2.70. The van der Waals surface area contributed by atoms with E-state index in [0.29, 0.717) is 32.6 Å². The molecular formula is C15H28N2O4. The number of carbonyl (C=O) groups excluding carboxylic acids is 1. The van der Waals surface area contributed by atoms with E-state index in [1.807, 2.05) is 6.92 Å². The topological polar surface area (TPSA) is 78.9 Å². The van der Waals surface area contributed by atoms with E-state index >= 15 is 0 Å². The van der Waals surface area contributed by atoms with Gasteiger partial charge in [-0.05, 0) is 19.8 Å². The van der Waals surface area contributed by atoms with Gasteiger partial charge in [0.1, 0.15) is 0 Å². The van der Waals surface area contributed by atoms with Crippen LogP contribution >= 0.6 is 0 Å². The van der Waals surface area contributed by atoms with Gasteiger partial charge in [0.15, 0.2) is 0 Å². The summed E-state index contributed by atoms with van der Waals surface area (Å²) in [6.07, 6.45) is 5.29. The van der Waals surface area contributed by atoms with Gasteiger partial charge < -0.3 is 20.1 Å². The van der Waals surface area contributed by atoms with Gasteiger partial charge in [-0.1, -0.05) is 25.7 Å². The van der Waals surface area contributed by atoms with Gasteiger partial charge in [-0.2, -0.15) is 0 Å². The molecule has 0 heterocycles. The number of nitrogens with zero attached hydrogens (tertiary/aromatic N) is 1. The molecule has 2 N–H and O–H groups in total. The maximum atomic E-state index is 12.0. The molecule has 0 bridgehead atoms. The molecule has 2 amide bonds. The SMILES string of the molecule is CCOCCN(C)C(=O)NCC1(C(=O)O)CCCCCC1. The lowest BCUT2D eigenvalue weighted by atomic mass is 9.80. The smallest absolute Gasteiger partial charge is 0.317 e. The molecule has 0 radical (unpaired) electrons.